The standard InChI is InChI=1S/C28H26F2N4O4S/c1-38-27(37)33-25(31)17-13-18(39-15-17)14-32-26(36)23-7-4-10-34(23)24(35)12-16-8-9-22-20(11-16)19-5-2-3-6-21(19)28(22,29)30/h2-3,5-6,8-9,11,13,15,23H,4,7,10,12,14H2,1H3,(H,32,36)(H2,31,33,37). The zero-order valence-corrected chi connectivity index (χ0v) is 21.9. The number of benzene rings is 2. The summed E-state index contributed by atoms with van der Waals surface area (Å²) in [5, 5.41) is 4.59. The number of halogens is 2. The molecule has 1 aromatic heterocycles. The number of methoxy groups -OCH3 is 1. The molecule has 2 aromatic carbocycles. The minimum absolute atomic E-state index is 0.0118. The predicted octanol–water partition coefficient (Wildman–Crippen LogP) is 4.19. The van der Waals surface area contributed by atoms with Gasteiger partial charge in [0, 0.05) is 33.5 Å². The maximum atomic E-state index is 14.9. The molecule has 1 atom stereocenters. The molecular weight excluding hydrogens is 526 g/mol. The van der Waals surface area contributed by atoms with Crippen LogP contribution in [-0.2, 0) is 33.2 Å². The number of nitrogens with zero attached hydrogens (tertiary/aromatic N) is 2. The van der Waals surface area contributed by atoms with E-state index in [4.69, 9.17) is 5.73 Å². The second-order valence-corrected chi connectivity index (χ2v) is 10.4. The van der Waals surface area contributed by atoms with E-state index in [1.54, 1.807) is 46.7 Å². The first-order chi connectivity index (χ1) is 18.7. The summed E-state index contributed by atoms with van der Waals surface area (Å²) in [6, 6.07) is 12.1. The van der Waals surface area contributed by atoms with Crippen molar-refractivity contribution in [3.8, 4) is 11.1 Å². The molecule has 0 saturated carbocycles. The fourth-order valence-electron chi connectivity index (χ4n) is 5.06. The molecule has 11 heteroatoms. The van der Waals surface area contributed by atoms with Crippen LogP contribution in [0.2, 0.25) is 0 Å². The number of hydrogen-bond donors (Lipinski definition) is 2. The molecule has 1 saturated heterocycles. The zero-order valence-electron chi connectivity index (χ0n) is 21.1. The highest BCUT2D eigenvalue weighted by Crippen LogP contribution is 2.51. The van der Waals surface area contributed by atoms with E-state index in [9.17, 15) is 23.2 Å². The number of carbonyl (C=O) groups excluding carboxylic acids is 3. The molecule has 3 amide bonds. The number of nitrogens with two attached hydrogens (primary N) is 1. The highest BCUT2D eigenvalue weighted by molar-refractivity contribution is 7.10. The average molecular weight is 553 g/mol. The van der Waals surface area contributed by atoms with Crippen molar-refractivity contribution in [2.75, 3.05) is 13.7 Å². The molecule has 1 aliphatic heterocycles. The summed E-state index contributed by atoms with van der Waals surface area (Å²) in [5.41, 5.74) is 7.79. The lowest BCUT2D eigenvalue weighted by Crippen LogP contribution is -2.46. The summed E-state index contributed by atoms with van der Waals surface area (Å²) in [6.45, 7) is 0.679. The van der Waals surface area contributed by atoms with Crippen molar-refractivity contribution in [2.45, 2.75) is 37.8 Å². The molecule has 1 aliphatic carbocycles. The first kappa shape index (κ1) is 26.5. The fraction of sp³-hybridized carbons (Fsp3) is 0.286. The van der Waals surface area contributed by atoms with Gasteiger partial charge in [-0.15, -0.1) is 11.3 Å². The summed E-state index contributed by atoms with van der Waals surface area (Å²) in [7, 11) is 1.21. The maximum Gasteiger partial charge on any atom is 0.435 e. The molecule has 2 aliphatic rings. The van der Waals surface area contributed by atoms with Gasteiger partial charge < -0.3 is 20.7 Å². The van der Waals surface area contributed by atoms with Gasteiger partial charge in [0.1, 0.15) is 11.9 Å². The third kappa shape index (κ3) is 5.14. The van der Waals surface area contributed by atoms with Gasteiger partial charge in [0.25, 0.3) is 5.92 Å². The summed E-state index contributed by atoms with van der Waals surface area (Å²) in [6.07, 6.45) is 0.438. The second-order valence-electron chi connectivity index (χ2n) is 9.41. The largest absolute Gasteiger partial charge is 0.451 e. The normalized spacial score (nSPS) is 17.5. The van der Waals surface area contributed by atoms with E-state index in [2.05, 4.69) is 15.0 Å². The highest BCUT2D eigenvalue weighted by atomic mass is 32.1. The minimum atomic E-state index is -3.07. The molecule has 0 radical (unpaired) electrons. The summed E-state index contributed by atoms with van der Waals surface area (Å²) < 4.78 is 34.2. The highest BCUT2D eigenvalue weighted by Gasteiger charge is 2.44. The SMILES string of the molecule is COC(=O)/N=C(/N)c1csc(CNC(=O)C2CCCN2C(=O)Cc2ccc3c(c2)-c2ccccc2C3(F)F)c1. The van der Waals surface area contributed by atoms with Crippen molar-refractivity contribution in [1.29, 1.82) is 0 Å². The lowest BCUT2D eigenvalue weighted by Gasteiger charge is -2.24. The number of thiophene rings is 1. The van der Waals surface area contributed by atoms with Crippen LogP contribution in [0.3, 0.4) is 0 Å². The van der Waals surface area contributed by atoms with Crippen LogP contribution in [0, 0.1) is 0 Å². The van der Waals surface area contributed by atoms with Gasteiger partial charge in [-0.1, -0.05) is 42.5 Å². The third-order valence-corrected chi connectivity index (χ3v) is 7.92. The van der Waals surface area contributed by atoms with Crippen molar-refractivity contribution >= 4 is 35.1 Å². The number of likely N-dealkylation sites (tertiary alicyclic amines) is 1. The van der Waals surface area contributed by atoms with Gasteiger partial charge in [0.05, 0.1) is 20.1 Å². The van der Waals surface area contributed by atoms with Crippen LogP contribution in [-0.4, -0.2) is 48.3 Å². The molecule has 0 spiro atoms. The summed E-state index contributed by atoms with van der Waals surface area (Å²) >= 11 is 1.35. The van der Waals surface area contributed by atoms with Gasteiger partial charge in [0.15, 0.2) is 0 Å². The number of amides is 3. The van der Waals surface area contributed by atoms with Gasteiger partial charge in [-0.25, -0.2) is 4.79 Å². The van der Waals surface area contributed by atoms with E-state index in [0.29, 0.717) is 41.6 Å². The number of hydrogen-bond acceptors (Lipinski definition) is 5. The Labute approximate surface area is 227 Å². The summed E-state index contributed by atoms with van der Waals surface area (Å²) in [4.78, 5) is 43.4. The van der Waals surface area contributed by atoms with Gasteiger partial charge in [-0.2, -0.15) is 13.8 Å². The monoisotopic (exact) mass is 552 g/mol. The Morgan fingerprint density at radius 1 is 1.15 bits per heavy atom. The Bertz CT molecular complexity index is 1490. The van der Waals surface area contributed by atoms with Crippen LogP contribution in [0.4, 0.5) is 13.6 Å². The fourth-order valence-corrected chi connectivity index (χ4v) is 5.87. The Morgan fingerprint density at radius 3 is 2.72 bits per heavy atom. The van der Waals surface area contributed by atoms with E-state index >= 15 is 0 Å². The Morgan fingerprint density at radius 2 is 1.92 bits per heavy atom. The van der Waals surface area contributed by atoms with E-state index < -0.39 is 18.1 Å². The average Bonchev–Trinajstić information content (AvgIpc) is 3.66. The number of fused-ring (bicyclic) bond motifs is 3. The first-order valence-corrected chi connectivity index (χ1v) is 13.2. The first-order valence-electron chi connectivity index (χ1n) is 12.4. The smallest absolute Gasteiger partial charge is 0.435 e. The van der Waals surface area contributed by atoms with Crippen LogP contribution in [0.5, 0.6) is 0 Å². The maximum absolute atomic E-state index is 14.9. The predicted molar refractivity (Wildman–Crippen MR) is 143 cm³/mol. The molecular formula is C28H26F2N4O4S. The van der Waals surface area contributed by atoms with E-state index in [1.165, 1.54) is 30.6 Å². The van der Waals surface area contributed by atoms with E-state index in [1.807, 2.05) is 0 Å². The number of rotatable bonds is 6. The topological polar surface area (TPSA) is 114 Å². The Kier molecular flexibility index (Phi) is 7.17. The molecule has 1 unspecified atom stereocenters. The van der Waals surface area contributed by atoms with Crippen molar-refractivity contribution in [3.05, 3.63) is 81.0 Å². The van der Waals surface area contributed by atoms with E-state index in [0.717, 1.165) is 4.88 Å². The molecule has 5 rings (SSSR count). The van der Waals surface area contributed by atoms with Gasteiger partial charge in [0.2, 0.25) is 11.8 Å². The van der Waals surface area contributed by atoms with Crippen LogP contribution in [0.25, 0.3) is 11.1 Å². The molecule has 3 N–H and O–H groups in total. The number of alkyl halides is 2. The summed E-state index contributed by atoms with van der Waals surface area (Å²) in [5.74, 6) is -3.55. The van der Waals surface area contributed by atoms with Crippen LogP contribution in [0.1, 0.15) is 40.0 Å². The van der Waals surface area contributed by atoms with Crippen LogP contribution >= 0.6 is 11.3 Å². The molecule has 3 aromatic rings. The Hall–Kier alpha value is -4.12. The number of aliphatic imine (C=N–C) groups is 1. The van der Waals surface area contributed by atoms with Crippen molar-refractivity contribution in [1.82, 2.24) is 10.2 Å². The molecule has 39 heavy (non-hydrogen) atoms. The molecule has 1 fully saturated rings. The van der Waals surface area contributed by atoms with Crippen molar-refractivity contribution in [3.63, 3.8) is 0 Å². The zero-order chi connectivity index (χ0) is 27.7. The van der Waals surface area contributed by atoms with Crippen LogP contribution in [0.15, 0.2) is 58.9 Å². The number of ether oxygens (including phenoxy) is 1. The Balaban J connectivity index is 1.23. The minimum Gasteiger partial charge on any atom is -0.451 e. The van der Waals surface area contributed by atoms with Crippen molar-refractivity contribution in [2.24, 2.45) is 10.7 Å². The molecule has 0 bridgehead atoms. The quantitative estimate of drug-likeness (QED) is 0.352. The number of amidine groups is 1. The lowest BCUT2D eigenvalue weighted by atomic mass is 10.0. The van der Waals surface area contributed by atoms with E-state index in [-0.39, 0.29) is 41.7 Å². The molecule has 8 nitrogen and oxygen atoms in total. The second kappa shape index (κ2) is 10.6. The van der Waals surface area contributed by atoms with Gasteiger partial charge in [-0.05, 0) is 35.6 Å². The van der Waals surface area contributed by atoms with Gasteiger partial charge >= 0.3 is 6.09 Å². The van der Waals surface area contributed by atoms with Gasteiger partial charge in [-0.3, -0.25) is 9.59 Å². The number of nitrogens with one attached hydrogen (secondary N) is 1. The third-order valence-electron chi connectivity index (χ3n) is 6.98. The number of carbonyl (C=O) groups is 3. The van der Waals surface area contributed by atoms with Crippen LogP contribution < -0.4 is 11.1 Å². The molecule has 202 valence electrons. The lowest BCUT2D eigenvalue weighted by molar-refractivity contribution is -0.138. The molecule has 2 heterocycles. The van der Waals surface area contributed by atoms with Crippen molar-refractivity contribution < 1.29 is 27.9 Å².